The minimum atomic E-state index is 0.286. The lowest BCUT2D eigenvalue weighted by Crippen LogP contribution is -2.47. The van der Waals surface area contributed by atoms with Crippen molar-refractivity contribution >= 4 is 5.96 Å². The predicted molar refractivity (Wildman–Crippen MR) is 114 cm³/mol. The summed E-state index contributed by atoms with van der Waals surface area (Å²) in [6, 6.07) is 5.91. The van der Waals surface area contributed by atoms with Gasteiger partial charge < -0.3 is 29.2 Å². The van der Waals surface area contributed by atoms with Gasteiger partial charge in [-0.3, -0.25) is 4.99 Å². The van der Waals surface area contributed by atoms with Crippen LogP contribution >= 0.6 is 0 Å². The summed E-state index contributed by atoms with van der Waals surface area (Å²) in [7, 11) is 5.15. The Morgan fingerprint density at radius 1 is 1.17 bits per heavy atom. The largest absolute Gasteiger partial charge is 0.493 e. The van der Waals surface area contributed by atoms with Crippen molar-refractivity contribution in [3.63, 3.8) is 0 Å². The van der Waals surface area contributed by atoms with E-state index in [4.69, 9.17) is 18.9 Å². The van der Waals surface area contributed by atoms with Gasteiger partial charge in [0, 0.05) is 38.9 Å². The quantitative estimate of drug-likeness (QED) is 0.556. The summed E-state index contributed by atoms with van der Waals surface area (Å²) in [5, 5.41) is 3.46. The maximum Gasteiger partial charge on any atom is 0.193 e. The number of aliphatic imine (C=N–C) groups is 1. The smallest absolute Gasteiger partial charge is 0.193 e. The number of likely N-dealkylation sites (tertiary alicyclic amines) is 1. The van der Waals surface area contributed by atoms with E-state index < -0.39 is 0 Å². The molecule has 0 aliphatic carbocycles. The van der Waals surface area contributed by atoms with Crippen molar-refractivity contribution in [1.82, 2.24) is 10.2 Å². The number of benzene rings is 1. The molecule has 0 saturated carbocycles. The first-order chi connectivity index (χ1) is 14.2. The second kappa shape index (κ2) is 11.3. The number of piperidine rings is 1. The topological polar surface area (TPSA) is 64.6 Å². The Labute approximate surface area is 174 Å². The highest BCUT2D eigenvalue weighted by atomic mass is 16.5. The number of rotatable bonds is 7. The summed E-state index contributed by atoms with van der Waals surface area (Å²) in [6.07, 6.45) is 6.19. The Hall–Kier alpha value is -1.99. The van der Waals surface area contributed by atoms with Crippen LogP contribution in [0, 0.1) is 0 Å². The number of nitrogens with one attached hydrogen (secondary N) is 1. The van der Waals surface area contributed by atoms with E-state index in [1.165, 1.54) is 12.8 Å². The molecule has 0 amide bonds. The van der Waals surface area contributed by atoms with Gasteiger partial charge in [0.15, 0.2) is 17.5 Å². The van der Waals surface area contributed by atoms with Gasteiger partial charge in [0.2, 0.25) is 0 Å². The number of hydrogen-bond donors (Lipinski definition) is 1. The van der Waals surface area contributed by atoms with Gasteiger partial charge in [-0.15, -0.1) is 0 Å². The lowest BCUT2D eigenvalue weighted by atomic mass is 10.1. The van der Waals surface area contributed by atoms with Crippen LogP contribution in [0.2, 0.25) is 0 Å². The molecule has 2 saturated heterocycles. The first-order valence-corrected chi connectivity index (χ1v) is 10.6. The number of para-hydroxylation sites is 1. The third kappa shape index (κ3) is 6.00. The highest BCUT2D eigenvalue weighted by molar-refractivity contribution is 5.80. The van der Waals surface area contributed by atoms with Crippen molar-refractivity contribution in [2.45, 2.75) is 50.9 Å². The first-order valence-electron chi connectivity index (χ1n) is 10.6. The molecular formula is C22H35N3O4. The average molecular weight is 406 g/mol. The highest BCUT2D eigenvalue weighted by Crippen LogP contribution is 2.30. The lowest BCUT2D eigenvalue weighted by molar-refractivity contribution is -0.0721. The summed E-state index contributed by atoms with van der Waals surface area (Å²) in [4.78, 5) is 6.76. The molecule has 29 heavy (non-hydrogen) atoms. The van der Waals surface area contributed by atoms with Crippen molar-refractivity contribution in [1.29, 1.82) is 0 Å². The minimum Gasteiger partial charge on any atom is -0.493 e. The fourth-order valence-corrected chi connectivity index (χ4v) is 4.02. The van der Waals surface area contributed by atoms with E-state index in [1.807, 2.05) is 25.2 Å². The van der Waals surface area contributed by atoms with Gasteiger partial charge in [0.05, 0.1) is 33.0 Å². The summed E-state index contributed by atoms with van der Waals surface area (Å²) in [5.41, 5.74) is 1.04. The third-order valence-corrected chi connectivity index (χ3v) is 5.67. The second-order valence-electron chi connectivity index (χ2n) is 7.56. The van der Waals surface area contributed by atoms with Crippen LogP contribution in [0.1, 0.15) is 37.7 Å². The Morgan fingerprint density at radius 3 is 2.66 bits per heavy atom. The normalized spacial score (nSPS) is 21.1. The van der Waals surface area contributed by atoms with Gasteiger partial charge in [-0.1, -0.05) is 12.1 Å². The Bertz CT molecular complexity index is 653. The molecule has 0 spiro atoms. The Balaban J connectivity index is 1.46. The molecule has 3 rings (SSSR count). The van der Waals surface area contributed by atoms with Crippen molar-refractivity contribution in [3.8, 4) is 11.5 Å². The van der Waals surface area contributed by atoms with E-state index in [9.17, 15) is 0 Å². The molecule has 2 fully saturated rings. The maximum atomic E-state index is 6.13. The molecule has 162 valence electrons. The zero-order valence-electron chi connectivity index (χ0n) is 18.0. The molecule has 1 unspecified atom stereocenters. The van der Waals surface area contributed by atoms with Gasteiger partial charge in [0.1, 0.15) is 0 Å². The van der Waals surface area contributed by atoms with Crippen LogP contribution in [0.5, 0.6) is 11.5 Å². The molecule has 2 aliphatic rings. The van der Waals surface area contributed by atoms with Crippen molar-refractivity contribution in [3.05, 3.63) is 23.8 Å². The molecule has 1 N–H and O–H groups in total. The maximum absolute atomic E-state index is 6.13. The molecule has 0 radical (unpaired) electrons. The molecule has 2 aliphatic heterocycles. The standard InChI is InChI=1S/C22H35N3O4/c1-23-22(24-15-17-7-6-9-20(26-2)21(17)27-3)25-12-10-18(11-13-25)29-16-19-8-4-5-14-28-19/h6-7,9,18-19H,4-5,8,10-16H2,1-3H3,(H,23,24). The molecule has 7 nitrogen and oxygen atoms in total. The number of ether oxygens (including phenoxy) is 4. The molecule has 1 aromatic rings. The summed E-state index contributed by atoms with van der Waals surface area (Å²) < 4.78 is 22.8. The number of guanidine groups is 1. The van der Waals surface area contributed by atoms with Crippen LogP contribution in [0.25, 0.3) is 0 Å². The number of nitrogens with zero attached hydrogens (tertiary/aromatic N) is 2. The zero-order chi connectivity index (χ0) is 20.5. The SMILES string of the molecule is CN=C(NCc1cccc(OC)c1OC)N1CCC(OCC2CCCCO2)CC1. The third-order valence-electron chi connectivity index (χ3n) is 5.67. The van der Waals surface area contributed by atoms with Crippen molar-refractivity contribution < 1.29 is 18.9 Å². The summed E-state index contributed by atoms with van der Waals surface area (Å²) in [6.45, 7) is 4.11. The Morgan fingerprint density at radius 2 is 2.00 bits per heavy atom. The van der Waals surface area contributed by atoms with Gasteiger partial charge in [-0.25, -0.2) is 0 Å². The fourth-order valence-electron chi connectivity index (χ4n) is 4.02. The highest BCUT2D eigenvalue weighted by Gasteiger charge is 2.24. The van der Waals surface area contributed by atoms with Crippen LogP contribution in [-0.4, -0.2) is 70.6 Å². The molecule has 0 bridgehead atoms. The van der Waals surface area contributed by atoms with Gasteiger partial charge in [-0.2, -0.15) is 0 Å². The summed E-state index contributed by atoms with van der Waals surface area (Å²) >= 11 is 0. The van der Waals surface area contributed by atoms with Crippen LogP contribution < -0.4 is 14.8 Å². The number of hydrogen-bond acceptors (Lipinski definition) is 5. The van der Waals surface area contributed by atoms with Crippen molar-refractivity contribution in [2.75, 3.05) is 47.6 Å². The van der Waals surface area contributed by atoms with E-state index in [0.29, 0.717) is 12.6 Å². The van der Waals surface area contributed by atoms with E-state index in [-0.39, 0.29) is 6.10 Å². The van der Waals surface area contributed by atoms with Crippen LogP contribution in [-0.2, 0) is 16.0 Å². The average Bonchev–Trinajstić information content (AvgIpc) is 2.79. The minimum absolute atomic E-state index is 0.286. The predicted octanol–water partition coefficient (Wildman–Crippen LogP) is 2.83. The molecule has 1 aromatic carbocycles. The number of methoxy groups -OCH3 is 2. The van der Waals surface area contributed by atoms with Gasteiger partial charge >= 0.3 is 0 Å². The van der Waals surface area contributed by atoms with Crippen LogP contribution in [0.4, 0.5) is 0 Å². The second-order valence-corrected chi connectivity index (χ2v) is 7.56. The molecule has 1 atom stereocenters. The molecular weight excluding hydrogens is 370 g/mol. The van der Waals surface area contributed by atoms with Crippen LogP contribution in [0.3, 0.4) is 0 Å². The zero-order valence-corrected chi connectivity index (χ0v) is 18.0. The monoisotopic (exact) mass is 405 g/mol. The van der Waals surface area contributed by atoms with Crippen molar-refractivity contribution in [2.24, 2.45) is 4.99 Å². The first kappa shape index (κ1) is 21.7. The fraction of sp³-hybridized carbons (Fsp3) is 0.682. The van der Waals surface area contributed by atoms with E-state index in [0.717, 1.165) is 68.6 Å². The van der Waals surface area contributed by atoms with E-state index in [2.05, 4.69) is 15.2 Å². The lowest BCUT2D eigenvalue weighted by Gasteiger charge is -2.35. The summed E-state index contributed by atoms with van der Waals surface area (Å²) in [5.74, 6) is 2.40. The molecule has 2 heterocycles. The molecule has 7 heteroatoms. The van der Waals surface area contributed by atoms with Gasteiger partial charge in [0.25, 0.3) is 0 Å². The molecule has 0 aromatic heterocycles. The van der Waals surface area contributed by atoms with Gasteiger partial charge in [-0.05, 0) is 38.2 Å². The van der Waals surface area contributed by atoms with Crippen LogP contribution in [0.15, 0.2) is 23.2 Å². The van der Waals surface area contributed by atoms with E-state index >= 15 is 0 Å². The Kier molecular flexibility index (Phi) is 8.43. The van der Waals surface area contributed by atoms with E-state index in [1.54, 1.807) is 14.2 Å².